The van der Waals surface area contributed by atoms with E-state index in [1.165, 1.54) is 29.1 Å². The highest BCUT2D eigenvalue weighted by Crippen LogP contribution is 2.40. The minimum atomic E-state index is -3.98. The Kier molecular flexibility index (Phi) is 6.88. The first-order valence-electron chi connectivity index (χ1n) is 14.0. The summed E-state index contributed by atoms with van der Waals surface area (Å²) in [4.78, 5) is 38.7. The van der Waals surface area contributed by atoms with Gasteiger partial charge in [0.25, 0.3) is 5.91 Å². The molecule has 3 aliphatic heterocycles. The van der Waals surface area contributed by atoms with Gasteiger partial charge in [-0.2, -0.15) is 0 Å². The van der Waals surface area contributed by atoms with Crippen molar-refractivity contribution in [2.45, 2.75) is 43.7 Å². The Balaban J connectivity index is 1.20. The number of carbonyl (C=O) groups is 2. The molecule has 4 aliphatic rings. The van der Waals surface area contributed by atoms with Gasteiger partial charge in [-0.15, -0.1) is 0 Å². The van der Waals surface area contributed by atoms with Crippen molar-refractivity contribution in [1.29, 1.82) is 0 Å². The molecule has 14 heteroatoms. The van der Waals surface area contributed by atoms with E-state index in [1.807, 2.05) is 13.0 Å². The van der Waals surface area contributed by atoms with Gasteiger partial charge in [0.15, 0.2) is 5.13 Å². The Morgan fingerprint density at radius 2 is 1.98 bits per heavy atom. The maximum absolute atomic E-state index is 13.6. The van der Waals surface area contributed by atoms with Crippen LogP contribution in [0, 0.1) is 12.8 Å². The highest BCUT2D eigenvalue weighted by Gasteiger charge is 2.37. The van der Waals surface area contributed by atoms with Crippen LogP contribution in [0.5, 0.6) is 0 Å². The van der Waals surface area contributed by atoms with E-state index in [0.717, 1.165) is 11.3 Å². The first kappa shape index (κ1) is 27.3. The molecule has 1 aromatic carbocycles. The van der Waals surface area contributed by atoms with E-state index < -0.39 is 16.1 Å². The number of nitrogens with zero attached hydrogens (tertiary/aromatic N) is 4. The Morgan fingerprint density at radius 1 is 1.14 bits per heavy atom. The normalized spacial score (nSPS) is 18.8. The number of pyridine rings is 1. The van der Waals surface area contributed by atoms with Gasteiger partial charge in [0.05, 0.1) is 46.8 Å². The molecule has 7 rings (SSSR count). The highest BCUT2D eigenvalue weighted by atomic mass is 32.2. The number of amides is 2. The van der Waals surface area contributed by atoms with Crippen LogP contribution in [0.2, 0.25) is 0 Å². The number of benzene rings is 1. The van der Waals surface area contributed by atoms with Crippen molar-refractivity contribution in [2.24, 2.45) is 5.92 Å². The third-order valence-electron chi connectivity index (χ3n) is 7.87. The zero-order valence-electron chi connectivity index (χ0n) is 23.0. The largest absolute Gasteiger partial charge is 0.447 e. The molecular weight excluding hydrogens is 580 g/mol. The average Bonchev–Trinajstić information content (AvgIpc) is 3.43. The summed E-state index contributed by atoms with van der Waals surface area (Å²) >= 11 is 1.36. The van der Waals surface area contributed by atoms with Crippen molar-refractivity contribution >= 4 is 50.1 Å². The topological polar surface area (TPSA) is 143 Å². The number of sulfonamides is 1. The summed E-state index contributed by atoms with van der Waals surface area (Å²) in [5.74, 6) is 1.41. The SMILES string of the molecule is Cc1nc(Nc2cccc(N3CCOC3=O)n2)sc1-c1cc2c(c(S(=O)(=O)NC3COC3)c1)C(=O)N(CCC1CC1)C2. The van der Waals surface area contributed by atoms with E-state index in [9.17, 15) is 18.0 Å². The van der Waals surface area contributed by atoms with Crippen LogP contribution >= 0.6 is 11.3 Å². The minimum Gasteiger partial charge on any atom is -0.447 e. The third-order valence-corrected chi connectivity index (χ3v) is 10.5. The number of cyclic esters (lactones) is 1. The smallest absolute Gasteiger partial charge is 0.415 e. The molecule has 1 aliphatic carbocycles. The van der Waals surface area contributed by atoms with Gasteiger partial charge in [-0.1, -0.05) is 30.2 Å². The number of thiazole rings is 1. The first-order valence-corrected chi connectivity index (χ1v) is 16.3. The van der Waals surface area contributed by atoms with Crippen molar-refractivity contribution in [3.63, 3.8) is 0 Å². The molecule has 5 heterocycles. The number of hydrogen-bond donors (Lipinski definition) is 2. The maximum Gasteiger partial charge on any atom is 0.415 e. The second-order valence-electron chi connectivity index (χ2n) is 11.0. The number of aromatic nitrogens is 2. The van der Waals surface area contributed by atoms with Crippen LogP contribution in [0.3, 0.4) is 0 Å². The van der Waals surface area contributed by atoms with Crippen molar-refractivity contribution in [3.05, 3.63) is 47.2 Å². The van der Waals surface area contributed by atoms with Crippen LogP contribution in [-0.2, 0) is 26.0 Å². The molecule has 0 spiro atoms. The summed E-state index contributed by atoms with van der Waals surface area (Å²) in [6, 6.07) is 8.49. The molecule has 0 unspecified atom stereocenters. The zero-order chi connectivity index (χ0) is 29.0. The number of hydrogen-bond acceptors (Lipinski definition) is 10. The van der Waals surface area contributed by atoms with E-state index in [0.29, 0.717) is 79.0 Å². The predicted octanol–water partition coefficient (Wildman–Crippen LogP) is 3.65. The summed E-state index contributed by atoms with van der Waals surface area (Å²) in [6.07, 6.45) is 2.89. The monoisotopic (exact) mass is 610 g/mol. The van der Waals surface area contributed by atoms with Crippen LogP contribution in [0.25, 0.3) is 10.4 Å². The molecule has 3 aromatic rings. The molecule has 0 bridgehead atoms. The first-order chi connectivity index (χ1) is 20.2. The Hall–Kier alpha value is -3.59. The van der Waals surface area contributed by atoms with Gasteiger partial charge in [0, 0.05) is 13.1 Å². The minimum absolute atomic E-state index is 0.00463. The fourth-order valence-electron chi connectivity index (χ4n) is 5.40. The lowest BCUT2D eigenvalue weighted by atomic mass is 10.0. The molecule has 42 heavy (non-hydrogen) atoms. The van der Waals surface area contributed by atoms with Gasteiger partial charge in [-0.3, -0.25) is 9.69 Å². The molecule has 2 saturated heterocycles. The number of fused-ring (bicyclic) bond motifs is 1. The average molecular weight is 611 g/mol. The zero-order valence-corrected chi connectivity index (χ0v) is 24.6. The fraction of sp³-hybridized carbons (Fsp3) is 0.429. The van der Waals surface area contributed by atoms with Gasteiger partial charge >= 0.3 is 6.09 Å². The summed E-state index contributed by atoms with van der Waals surface area (Å²) in [5, 5.41) is 3.77. The second-order valence-corrected chi connectivity index (χ2v) is 13.7. The molecule has 12 nitrogen and oxygen atoms in total. The van der Waals surface area contributed by atoms with Crippen LogP contribution < -0.4 is 14.9 Å². The molecule has 0 atom stereocenters. The van der Waals surface area contributed by atoms with E-state index in [2.05, 4.69) is 20.0 Å². The summed E-state index contributed by atoms with van der Waals surface area (Å²) in [7, 11) is -3.98. The Bertz CT molecular complexity index is 1680. The standard InChI is InChI=1S/C28H30N6O6S2/c1-16-25(41-27(29-16)31-22-3-2-4-23(30-22)34-9-10-40-28(34)36)18-11-19-13-33(8-7-17-5-6-17)26(35)24(19)21(12-18)42(37,38)32-20-14-39-15-20/h2-4,11-12,17,20,32H,5-10,13-15H2,1H3,(H,29,30,31). The maximum atomic E-state index is 13.6. The predicted molar refractivity (Wildman–Crippen MR) is 156 cm³/mol. The van der Waals surface area contributed by atoms with Crippen LogP contribution in [0.15, 0.2) is 35.2 Å². The molecule has 220 valence electrons. The van der Waals surface area contributed by atoms with Crippen LogP contribution in [-0.4, -0.2) is 74.2 Å². The lowest BCUT2D eigenvalue weighted by Gasteiger charge is -2.27. The lowest BCUT2D eigenvalue weighted by molar-refractivity contribution is 0.00481. The van der Waals surface area contributed by atoms with Crippen molar-refractivity contribution in [1.82, 2.24) is 19.6 Å². The van der Waals surface area contributed by atoms with Crippen molar-refractivity contribution < 1.29 is 27.5 Å². The van der Waals surface area contributed by atoms with Gasteiger partial charge in [0.1, 0.15) is 18.2 Å². The number of carbonyl (C=O) groups excluding carboxylic acids is 2. The second kappa shape index (κ2) is 10.6. The van der Waals surface area contributed by atoms with E-state index >= 15 is 0 Å². The molecule has 2 aromatic heterocycles. The Labute approximate surface area is 247 Å². The van der Waals surface area contributed by atoms with Gasteiger partial charge < -0.3 is 19.7 Å². The molecule has 2 amide bonds. The number of ether oxygens (including phenoxy) is 2. The van der Waals surface area contributed by atoms with Crippen LogP contribution in [0.4, 0.5) is 21.6 Å². The quantitative estimate of drug-likeness (QED) is 0.352. The highest BCUT2D eigenvalue weighted by molar-refractivity contribution is 7.89. The van der Waals surface area contributed by atoms with Crippen molar-refractivity contribution in [3.8, 4) is 10.4 Å². The summed E-state index contributed by atoms with van der Waals surface area (Å²) in [5.41, 5.74) is 2.35. The van der Waals surface area contributed by atoms with E-state index in [4.69, 9.17) is 9.47 Å². The van der Waals surface area contributed by atoms with E-state index in [1.54, 1.807) is 29.2 Å². The van der Waals surface area contributed by atoms with Gasteiger partial charge in [-0.05, 0) is 54.7 Å². The third kappa shape index (κ3) is 5.23. The number of nitrogens with one attached hydrogen (secondary N) is 2. The Morgan fingerprint density at radius 3 is 2.69 bits per heavy atom. The number of aryl methyl sites for hydroxylation is 1. The molecular formula is C28H30N6O6S2. The summed E-state index contributed by atoms with van der Waals surface area (Å²) in [6.45, 7) is 4.22. The molecule has 3 fully saturated rings. The number of anilines is 3. The number of rotatable bonds is 10. The molecule has 1 saturated carbocycles. The fourth-order valence-corrected chi connectivity index (χ4v) is 7.84. The molecule has 2 N–H and O–H groups in total. The van der Waals surface area contributed by atoms with E-state index in [-0.39, 0.29) is 22.4 Å². The van der Waals surface area contributed by atoms with Gasteiger partial charge in [-0.25, -0.2) is 27.9 Å². The molecule has 0 radical (unpaired) electrons. The summed E-state index contributed by atoms with van der Waals surface area (Å²) < 4.78 is 40.1. The van der Waals surface area contributed by atoms with Gasteiger partial charge in [0.2, 0.25) is 10.0 Å². The van der Waals surface area contributed by atoms with Crippen molar-refractivity contribution in [2.75, 3.05) is 43.1 Å². The van der Waals surface area contributed by atoms with Crippen LogP contribution in [0.1, 0.15) is 40.9 Å². The lowest BCUT2D eigenvalue weighted by Crippen LogP contribution is -2.48.